The molecule has 1 N–H and O–H groups in total. The first kappa shape index (κ1) is 14.7. The highest BCUT2D eigenvalue weighted by atomic mass is 16.5. The minimum absolute atomic E-state index is 0.0583. The molecule has 1 spiro atoms. The van der Waals surface area contributed by atoms with Gasteiger partial charge in [-0.25, -0.2) is 0 Å². The van der Waals surface area contributed by atoms with E-state index in [2.05, 4.69) is 30.4 Å². The van der Waals surface area contributed by atoms with Crippen LogP contribution in [0.5, 0.6) is 11.5 Å². The highest BCUT2D eigenvalue weighted by Gasteiger charge is 2.42. The number of nitrogens with one attached hydrogen (secondary N) is 1. The summed E-state index contributed by atoms with van der Waals surface area (Å²) in [5, 5.41) is 3.46. The van der Waals surface area contributed by atoms with E-state index in [9.17, 15) is 0 Å². The quantitative estimate of drug-likeness (QED) is 0.823. The van der Waals surface area contributed by atoms with Gasteiger partial charge in [0.05, 0.1) is 6.61 Å². The summed E-state index contributed by atoms with van der Waals surface area (Å²) in [6.45, 7) is 2.97. The van der Waals surface area contributed by atoms with Gasteiger partial charge < -0.3 is 14.8 Å². The van der Waals surface area contributed by atoms with Gasteiger partial charge in [0, 0.05) is 24.1 Å². The second-order valence-corrected chi connectivity index (χ2v) is 6.44. The van der Waals surface area contributed by atoms with Gasteiger partial charge in [-0.2, -0.15) is 0 Å². The van der Waals surface area contributed by atoms with E-state index in [4.69, 9.17) is 9.47 Å². The first-order chi connectivity index (χ1) is 10.3. The molecular formula is C18H27NO2. The molecule has 3 rings (SSSR count). The summed E-state index contributed by atoms with van der Waals surface area (Å²) in [5.74, 6) is 1.96. The fourth-order valence-corrected chi connectivity index (χ4v) is 3.66. The Balaban J connectivity index is 1.81. The van der Waals surface area contributed by atoms with E-state index in [1.165, 1.54) is 31.2 Å². The molecule has 0 aromatic heterocycles. The summed E-state index contributed by atoms with van der Waals surface area (Å²) in [6, 6.07) is 6.74. The molecule has 1 aliphatic heterocycles. The standard InChI is InChI=1S/C18H27NO2/c1-3-4-11-20-14-7-8-15-16(19-2)13-18(9-5-6-10-18)21-17(15)12-14/h7-8,12,16,19H,3-6,9-11,13H2,1-2H3. The zero-order valence-corrected chi connectivity index (χ0v) is 13.3. The van der Waals surface area contributed by atoms with E-state index in [-0.39, 0.29) is 5.60 Å². The Morgan fingerprint density at radius 1 is 1.33 bits per heavy atom. The van der Waals surface area contributed by atoms with Crippen LogP contribution in [-0.4, -0.2) is 19.3 Å². The number of unbranched alkanes of at least 4 members (excludes halogenated alkanes) is 1. The minimum Gasteiger partial charge on any atom is -0.493 e. The molecule has 0 saturated heterocycles. The number of rotatable bonds is 5. The van der Waals surface area contributed by atoms with Crippen LogP contribution in [0.1, 0.15) is 63.5 Å². The van der Waals surface area contributed by atoms with Crippen molar-refractivity contribution in [3.05, 3.63) is 23.8 Å². The summed E-state index contributed by atoms with van der Waals surface area (Å²) in [6.07, 6.45) is 8.30. The molecule has 0 amide bonds. The lowest BCUT2D eigenvalue weighted by molar-refractivity contribution is 0.0376. The minimum atomic E-state index is 0.0583. The van der Waals surface area contributed by atoms with Crippen molar-refractivity contribution in [1.82, 2.24) is 5.32 Å². The van der Waals surface area contributed by atoms with Crippen LogP contribution in [0.15, 0.2) is 18.2 Å². The monoisotopic (exact) mass is 289 g/mol. The van der Waals surface area contributed by atoms with Crippen LogP contribution in [0.3, 0.4) is 0 Å². The second kappa shape index (κ2) is 6.27. The summed E-state index contributed by atoms with van der Waals surface area (Å²) in [4.78, 5) is 0. The fourth-order valence-electron chi connectivity index (χ4n) is 3.66. The van der Waals surface area contributed by atoms with Gasteiger partial charge in [-0.1, -0.05) is 19.4 Å². The number of benzene rings is 1. The maximum Gasteiger partial charge on any atom is 0.128 e. The third-order valence-corrected chi connectivity index (χ3v) is 4.89. The molecular weight excluding hydrogens is 262 g/mol. The second-order valence-electron chi connectivity index (χ2n) is 6.44. The summed E-state index contributed by atoms with van der Waals surface area (Å²) < 4.78 is 12.3. The van der Waals surface area contributed by atoms with Crippen molar-refractivity contribution in [1.29, 1.82) is 0 Å². The molecule has 1 saturated carbocycles. The zero-order valence-electron chi connectivity index (χ0n) is 13.3. The molecule has 1 aromatic carbocycles. The lowest BCUT2D eigenvalue weighted by atomic mass is 9.86. The molecule has 1 fully saturated rings. The average Bonchev–Trinajstić information content (AvgIpc) is 2.94. The smallest absolute Gasteiger partial charge is 0.128 e. The van der Waals surface area contributed by atoms with Crippen LogP contribution >= 0.6 is 0 Å². The highest BCUT2D eigenvalue weighted by molar-refractivity contribution is 5.44. The van der Waals surface area contributed by atoms with Crippen LogP contribution in [-0.2, 0) is 0 Å². The third-order valence-electron chi connectivity index (χ3n) is 4.89. The molecule has 1 heterocycles. The Hall–Kier alpha value is -1.22. The molecule has 0 bridgehead atoms. The Kier molecular flexibility index (Phi) is 4.39. The lowest BCUT2D eigenvalue weighted by Crippen LogP contribution is -2.41. The largest absolute Gasteiger partial charge is 0.493 e. The fraction of sp³-hybridized carbons (Fsp3) is 0.667. The lowest BCUT2D eigenvalue weighted by Gasteiger charge is -2.40. The van der Waals surface area contributed by atoms with E-state index in [0.29, 0.717) is 6.04 Å². The molecule has 0 radical (unpaired) electrons. The van der Waals surface area contributed by atoms with Crippen molar-refractivity contribution in [2.24, 2.45) is 0 Å². The first-order valence-electron chi connectivity index (χ1n) is 8.39. The zero-order chi connectivity index (χ0) is 14.7. The normalized spacial score (nSPS) is 22.9. The van der Waals surface area contributed by atoms with Gasteiger partial charge in [0.15, 0.2) is 0 Å². The van der Waals surface area contributed by atoms with Crippen LogP contribution in [0.25, 0.3) is 0 Å². The third kappa shape index (κ3) is 3.03. The van der Waals surface area contributed by atoms with Gasteiger partial charge >= 0.3 is 0 Å². The Morgan fingerprint density at radius 2 is 2.14 bits per heavy atom. The van der Waals surface area contributed by atoms with Gasteiger partial charge in [0.1, 0.15) is 17.1 Å². The molecule has 2 aliphatic rings. The Morgan fingerprint density at radius 3 is 2.86 bits per heavy atom. The van der Waals surface area contributed by atoms with E-state index in [1.807, 2.05) is 7.05 Å². The number of hydrogen-bond acceptors (Lipinski definition) is 3. The Labute approximate surface area is 128 Å². The van der Waals surface area contributed by atoms with Gasteiger partial charge in [0.2, 0.25) is 0 Å². The molecule has 116 valence electrons. The van der Waals surface area contributed by atoms with Crippen LogP contribution < -0.4 is 14.8 Å². The topological polar surface area (TPSA) is 30.5 Å². The molecule has 1 unspecified atom stereocenters. The van der Waals surface area contributed by atoms with Crippen LogP contribution in [0, 0.1) is 0 Å². The van der Waals surface area contributed by atoms with E-state index >= 15 is 0 Å². The van der Waals surface area contributed by atoms with E-state index in [1.54, 1.807) is 0 Å². The van der Waals surface area contributed by atoms with E-state index < -0.39 is 0 Å². The number of hydrogen-bond donors (Lipinski definition) is 1. The first-order valence-corrected chi connectivity index (χ1v) is 8.39. The predicted molar refractivity (Wildman–Crippen MR) is 85.1 cm³/mol. The molecule has 21 heavy (non-hydrogen) atoms. The van der Waals surface area contributed by atoms with Gasteiger partial charge in [-0.05, 0) is 45.2 Å². The Bertz CT molecular complexity index is 480. The van der Waals surface area contributed by atoms with Crippen LogP contribution in [0.2, 0.25) is 0 Å². The van der Waals surface area contributed by atoms with Gasteiger partial charge in [-0.3, -0.25) is 0 Å². The summed E-state index contributed by atoms with van der Waals surface area (Å²) in [5.41, 5.74) is 1.33. The maximum atomic E-state index is 6.44. The van der Waals surface area contributed by atoms with Crippen LogP contribution in [0.4, 0.5) is 0 Å². The summed E-state index contributed by atoms with van der Waals surface area (Å²) >= 11 is 0. The van der Waals surface area contributed by atoms with Gasteiger partial charge in [-0.15, -0.1) is 0 Å². The molecule has 1 aliphatic carbocycles. The van der Waals surface area contributed by atoms with Crippen molar-refractivity contribution < 1.29 is 9.47 Å². The van der Waals surface area contributed by atoms with E-state index in [0.717, 1.165) is 37.4 Å². The average molecular weight is 289 g/mol. The SMILES string of the molecule is CCCCOc1ccc2c(c1)OC1(CCCC1)CC2NC. The number of ether oxygens (including phenoxy) is 2. The molecule has 1 atom stereocenters. The summed E-state index contributed by atoms with van der Waals surface area (Å²) in [7, 11) is 2.05. The van der Waals surface area contributed by atoms with Gasteiger partial charge in [0.25, 0.3) is 0 Å². The van der Waals surface area contributed by atoms with Crippen molar-refractivity contribution in [3.63, 3.8) is 0 Å². The number of fused-ring (bicyclic) bond motifs is 1. The predicted octanol–water partition coefficient (Wildman–Crippen LogP) is 4.22. The molecule has 1 aromatic rings. The van der Waals surface area contributed by atoms with Crippen molar-refractivity contribution in [3.8, 4) is 11.5 Å². The maximum absolute atomic E-state index is 6.44. The van der Waals surface area contributed by atoms with Crippen molar-refractivity contribution in [2.45, 2.75) is 63.5 Å². The molecule has 3 nitrogen and oxygen atoms in total. The van der Waals surface area contributed by atoms with Crippen molar-refractivity contribution in [2.75, 3.05) is 13.7 Å². The van der Waals surface area contributed by atoms with Crippen molar-refractivity contribution >= 4 is 0 Å². The highest BCUT2D eigenvalue weighted by Crippen LogP contribution is 2.47. The molecule has 3 heteroatoms.